The molecule has 1 aliphatic heterocycles. The number of aromatic nitrogens is 5. The molecule has 4 rings (SSSR count). The highest BCUT2D eigenvalue weighted by Gasteiger charge is 2.25. The van der Waals surface area contributed by atoms with Gasteiger partial charge in [0, 0.05) is 25.4 Å². The Morgan fingerprint density at radius 1 is 1.31 bits per heavy atom. The van der Waals surface area contributed by atoms with Crippen LogP contribution in [-0.2, 0) is 17.9 Å². The summed E-state index contributed by atoms with van der Waals surface area (Å²) in [6.07, 6.45) is 2.80. The molecule has 0 bridgehead atoms. The number of nitrogens with zero attached hydrogens (tertiary/aromatic N) is 5. The van der Waals surface area contributed by atoms with Crippen LogP contribution in [-0.4, -0.2) is 37.8 Å². The molecule has 26 heavy (non-hydrogen) atoms. The zero-order valence-electron chi connectivity index (χ0n) is 14.5. The summed E-state index contributed by atoms with van der Waals surface area (Å²) in [4.78, 5) is 4.61. The normalized spacial score (nSPS) is 16.9. The predicted molar refractivity (Wildman–Crippen MR) is 92.1 cm³/mol. The number of ether oxygens (including phenoxy) is 2. The Kier molecular flexibility index (Phi) is 4.66. The number of halogens is 1. The standard InChI is InChI=1S/C18H20FN5O2/c1-2-23-8-6-16(21-23)18-20-17(22-24(18)14-7-9-25-11-14)12-26-15-5-3-4-13(19)10-15/h3-6,8,10,14H,2,7,9,11-12H2,1H3. The third-order valence-corrected chi connectivity index (χ3v) is 4.28. The predicted octanol–water partition coefficient (Wildman–Crippen LogP) is 2.84. The van der Waals surface area contributed by atoms with Gasteiger partial charge in [0.2, 0.25) is 0 Å². The summed E-state index contributed by atoms with van der Waals surface area (Å²) in [7, 11) is 0. The molecule has 2 aromatic heterocycles. The zero-order chi connectivity index (χ0) is 17.9. The molecule has 1 aliphatic rings. The largest absolute Gasteiger partial charge is 0.485 e. The molecule has 0 spiro atoms. The van der Waals surface area contributed by atoms with Crippen LogP contribution in [0.5, 0.6) is 5.75 Å². The molecule has 1 fully saturated rings. The van der Waals surface area contributed by atoms with Crippen LogP contribution >= 0.6 is 0 Å². The molecule has 3 heterocycles. The minimum atomic E-state index is -0.338. The summed E-state index contributed by atoms with van der Waals surface area (Å²) < 4.78 is 28.1. The van der Waals surface area contributed by atoms with Gasteiger partial charge in [-0.3, -0.25) is 4.68 Å². The molecule has 3 aromatic rings. The van der Waals surface area contributed by atoms with E-state index in [2.05, 4.69) is 15.2 Å². The number of hydrogen-bond acceptors (Lipinski definition) is 5. The summed E-state index contributed by atoms with van der Waals surface area (Å²) >= 11 is 0. The van der Waals surface area contributed by atoms with Gasteiger partial charge in [-0.2, -0.15) is 10.2 Å². The van der Waals surface area contributed by atoms with E-state index >= 15 is 0 Å². The fourth-order valence-corrected chi connectivity index (χ4v) is 2.93. The third kappa shape index (κ3) is 3.45. The second-order valence-electron chi connectivity index (χ2n) is 6.12. The summed E-state index contributed by atoms with van der Waals surface area (Å²) in [5.74, 6) is 1.34. The van der Waals surface area contributed by atoms with E-state index in [1.165, 1.54) is 12.1 Å². The lowest BCUT2D eigenvalue weighted by Gasteiger charge is -2.10. The SMILES string of the molecule is CCn1ccc(-c2nc(COc3cccc(F)c3)nn2C2CCOC2)n1. The molecule has 0 saturated carbocycles. The highest BCUT2D eigenvalue weighted by Crippen LogP contribution is 2.25. The number of rotatable bonds is 6. The second kappa shape index (κ2) is 7.25. The molecule has 1 saturated heterocycles. The molecule has 1 aromatic carbocycles. The van der Waals surface area contributed by atoms with Crippen LogP contribution in [0, 0.1) is 5.82 Å². The molecule has 0 N–H and O–H groups in total. The molecule has 0 radical (unpaired) electrons. The lowest BCUT2D eigenvalue weighted by atomic mass is 10.2. The maximum absolute atomic E-state index is 13.3. The number of aryl methyl sites for hydroxylation is 1. The summed E-state index contributed by atoms with van der Waals surface area (Å²) in [5, 5.41) is 9.14. The molecule has 0 amide bonds. The van der Waals surface area contributed by atoms with Gasteiger partial charge >= 0.3 is 0 Å². The first kappa shape index (κ1) is 16.7. The van der Waals surface area contributed by atoms with Crippen molar-refractivity contribution in [1.82, 2.24) is 24.5 Å². The van der Waals surface area contributed by atoms with Gasteiger partial charge in [-0.05, 0) is 31.5 Å². The van der Waals surface area contributed by atoms with E-state index in [0.29, 0.717) is 30.6 Å². The lowest BCUT2D eigenvalue weighted by molar-refractivity contribution is 0.184. The molecule has 1 atom stereocenters. The van der Waals surface area contributed by atoms with E-state index in [4.69, 9.17) is 9.47 Å². The van der Waals surface area contributed by atoms with Gasteiger partial charge in [0.1, 0.15) is 23.9 Å². The van der Waals surface area contributed by atoms with Crippen molar-refractivity contribution in [2.75, 3.05) is 13.2 Å². The Labute approximate surface area is 150 Å². The topological polar surface area (TPSA) is 67.0 Å². The molecular weight excluding hydrogens is 337 g/mol. The van der Waals surface area contributed by atoms with E-state index < -0.39 is 0 Å². The van der Waals surface area contributed by atoms with Crippen LogP contribution in [0.4, 0.5) is 4.39 Å². The van der Waals surface area contributed by atoms with Crippen LogP contribution in [0.1, 0.15) is 25.2 Å². The molecule has 0 aliphatic carbocycles. The summed E-state index contributed by atoms with van der Waals surface area (Å²) in [6.45, 7) is 4.30. The van der Waals surface area contributed by atoms with Gasteiger partial charge in [0.05, 0.1) is 12.6 Å². The monoisotopic (exact) mass is 357 g/mol. The molecule has 7 nitrogen and oxygen atoms in total. The van der Waals surface area contributed by atoms with Gasteiger partial charge in [0.25, 0.3) is 0 Å². The molecular formula is C18H20FN5O2. The first-order chi connectivity index (χ1) is 12.7. The van der Waals surface area contributed by atoms with Gasteiger partial charge in [-0.1, -0.05) is 6.07 Å². The minimum Gasteiger partial charge on any atom is -0.485 e. The molecule has 136 valence electrons. The van der Waals surface area contributed by atoms with Crippen LogP contribution in [0.25, 0.3) is 11.5 Å². The Bertz CT molecular complexity index is 885. The average molecular weight is 357 g/mol. The van der Waals surface area contributed by atoms with Crippen molar-refractivity contribution < 1.29 is 13.9 Å². The van der Waals surface area contributed by atoms with Crippen molar-refractivity contribution in [2.45, 2.75) is 32.5 Å². The summed E-state index contributed by atoms with van der Waals surface area (Å²) in [6, 6.07) is 8.08. The third-order valence-electron chi connectivity index (χ3n) is 4.28. The van der Waals surface area contributed by atoms with Crippen molar-refractivity contribution in [3.63, 3.8) is 0 Å². The van der Waals surface area contributed by atoms with E-state index in [-0.39, 0.29) is 18.5 Å². The van der Waals surface area contributed by atoms with Gasteiger partial charge < -0.3 is 9.47 Å². The Morgan fingerprint density at radius 3 is 2.96 bits per heavy atom. The fourth-order valence-electron chi connectivity index (χ4n) is 2.93. The van der Waals surface area contributed by atoms with Crippen LogP contribution < -0.4 is 4.74 Å². The van der Waals surface area contributed by atoms with Crippen LogP contribution in [0.15, 0.2) is 36.5 Å². The zero-order valence-corrected chi connectivity index (χ0v) is 14.5. The number of hydrogen-bond donors (Lipinski definition) is 0. The van der Waals surface area contributed by atoms with Gasteiger partial charge in [0.15, 0.2) is 11.6 Å². The average Bonchev–Trinajstić information content (AvgIpc) is 3.38. The van der Waals surface area contributed by atoms with E-state index in [0.717, 1.165) is 18.7 Å². The summed E-state index contributed by atoms with van der Waals surface area (Å²) in [5.41, 5.74) is 0.767. The lowest BCUT2D eigenvalue weighted by Crippen LogP contribution is -2.12. The Morgan fingerprint density at radius 2 is 2.23 bits per heavy atom. The maximum Gasteiger partial charge on any atom is 0.188 e. The highest BCUT2D eigenvalue weighted by atomic mass is 19.1. The van der Waals surface area contributed by atoms with Crippen molar-refractivity contribution in [2.24, 2.45) is 0 Å². The fraction of sp³-hybridized carbons (Fsp3) is 0.389. The molecule has 1 unspecified atom stereocenters. The quantitative estimate of drug-likeness (QED) is 0.679. The van der Waals surface area contributed by atoms with Crippen LogP contribution in [0.3, 0.4) is 0 Å². The van der Waals surface area contributed by atoms with E-state index in [9.17, 15) is 4.39 Å². The minimum absolute atomic E-state index is 0.132. The highest BCUT2D eigenvalue weighted by molar-refractivity contribution is 5.48. The van der Waals surface area contributed by atoms with Gasteiger partial charge in [-0.25, -0.2) is 14.1 Å². The Hall–Kier alpha value is -2.74. The van der Waals surface area contributed by atoms with E-state index in [1.54, 1.807) is 12.1 Å². The van der Waals surface area contributed by atoms with E-state index in [1.807, 2.05) is 28.6 Å². The van der Waals surface area contributed by atoms with Crippen molar-refractivity contribution >= 4 is 0 Å². The van der Waals surface area contributed by atoms with Crippen molar-refractivity contribution in [3.05, 3.63) is 48.2 Å². The molecule has 8 heteroatoms. The van der Waals surface area contributed by atoms with Crippen LogP contribution in [0.2, 0.25) is 0 Å². The van der Waals surface area contributed by atoms with Gasteiger partial charge in [-0.15, -0.1) is 0 Å². The number of benzene rings is 1. The smallest absolute Gasteiger partial charge is 0.188 e. The Balaban J connectivity index is 1.60. The second-order valence-corrected chi connectivity index (χ2v) is 6.12. The van der Waals surface area contributed by atoms with Crippen molar-refractivity contribution in [1.29, 1.82) is 0 Å². The first-order valence-corrected chi connectivity index (χ1v) is 8.68. The first-order valence-electron chi connectivity index (χ1n) is 8.68. The van der Waals surface area contributed by atoms with Crippen molar-refractivity contribution in [3.8, 4) is 17.3 Å². The maximum atomic E-state index is 13.3.